The van der Waals surface area contributed by atoms with Gasteiger partial charge in [0.1, 0.15) is 0 Å². The highest BCUT2D eigenvalue weighted by Crippen LogP contribution is 2.31. The minimum absolute atomic E-state index is 0.169. The fourth-order valence-corrected chi connectivity index (χ4v) is 1.30. The minimum atomic E-state index is -4.33. The summed E-state index contributed by atoms with van der Waals surface area (Å²) in [5, 5.41) is 9.73. The van der Waals surface area contributed by atoms with E-state index in [1.165, 1.54) is 19.2 Å². The first-order valence-electron chi connectivity index (χ1n) is 4.46. The Morgan fingerprint density at radius 2 is 1.87 bits per heavy atom. The highest BCUT2D eigenvalue weighted by atomic mass is 19.4. The van der Waals surface area contributed by atoms with Crippen LogP contribution in [0.25, 0.3) is 0 Å². The summed E-state index contributed by atoms with van der Waals surface area (Å²) in [5.74, 6) is 0. The van der Waals surface area contributed by atoms with Gasteiger partial charge in [0.05, 0.1) is 5.56 Å². The maximum absolute atomic E-state index is 12.5. The van der Waals surface area contributed by atoms with Crippen LogP contribution in [-0.4, -0.2) is 23.9 Å². The molecule has 0 aromatic heterocycles. The van der Waals surface area contributed by atoms with Gasteiger partial charge < -0.3 is 5.21 Å². The van der Waals surface area contributed by atoms with Gasteiger partial charge in [0.25, 0.3) is 0 Å². The fraction of sp³-hybridized carbons (Fsp3) is 0.400. The van der Waals surface area contributed by atoms with E-state index in [1.807, 2.05) is 0 Å². The third kappa shape index (κ3) is 3.53. The molecule has 0 saturated carbocycles. The predicted octanol–water partition coefficient (Wildman–Crippen LogP) is 2.57. The van der Waals surface area contributed by atoms with Crippen molar-refractivity contribution in [3.63, 3.8) is 0 Å². The van der Waals surface area contributed by atoms with Gasteiger partial charge in [-0.1, -0.05) is 18.2 Å². The third-order valence-corrected chi connectivity index (χ3v) is 2.03. The maximum Gasteiger partial charge on any atom is 0.416 e. The first-order chi connectivity index (χ1) is 6.91. The van der Waals surface area contributed by atoms with Gasteiger partial charge in [0.15, 0.2) is 0 Å². The molecule has 0 heterocycles. The number of likely N-dealkylation sites (N-methyl/N-ethyl adjacent to an activating group) is 1. The van der Waals surface area contributed by atoms with E-state index in [2.05, 4.69) is 0 Å². The molecule has 1 aromatic carbocycles. The Hall–Kier alpha value is -1.07. The molecule has 0 radical (unpaired) electrons. The van der Waals surface area contributed by atoms with Crippen LogP contribution in [-0.2, 0) is 12.6 Å². The highest BCUT2D eigenvalue weighted by molar-refractivity contribution is 5.29. The smallest absolute Gasteiger partial charge is 0.314 e. The normalized spacial score (nSPS) is 12.1. The number of benzene rings is 1. The zero-order valence-electron chi connectivity index (χ0n) is 8.25. The van der Waals surface area contributed by atoms with Crippen LogP contribution in [0.4, 0.5) is 13.2 Å². The first kappa shape index (κ1) is 12.0. The van der Waals surface area contributed by atoms with Gasteiger partial charge in [0, 0.05) is 13.6 Å². The highest BCUT2D eigenvalue weighted by Gasteiger charge is 2.32. The summed E-state index contributed by atoms with van der Waals surface area (Å²) in [4.78, 5) is 0. The van der Waals surface area contributed by atoms with E-state index in [0.29, 0.717) is 0 Å². The largest absolute Gasteiger partial charge is 0.416 e. The number of hydroxylamine groups is 2. The molecular weight excluding hydrogens is 207 g/mol. The average molecular weight is 219 g/mol. The molecule has 0 amide bonds. The molecule has 1 N–H and O–H groups in total. The second-order valence-corrected chi connectivity index (χ2v) is 3.29. The number of hydrogen-bond donors (Lipinski definition) is 1. The molecule has 0 spiro atoms. The summed E-state index contributed by atoms with van der Waals surface area (Å²) >= 11 is 0. The Kier molecular flexibility index (Phi) is 3.71. The van der Waals surface area contributed by atoms with Gasteiger partial charge in [-0.25, -0.2) is 0 Å². The molecule has 0 atom stereocenters. The SMILES string of the molecule is CN(O)CCc1ccccc1C(F)(F)F. The van der Waals surface area contributed by atoms with Gasteiger partial charge in [-0.05, 0) is 18.1 Å². The first-order valence-corrected chi connectivity index (χ1v) is 4.46. The quantitative estimate of drug-likeness (QED) is 0.790. The van der Waals surface area contributed by atoms with Crippen LogP contribution < -0.4 is 0 Å². The number of halogens is 3. The number of rotatable bonds is 3. The molecule has 0 aliphatic rings. The van der Waals surface area contributed by atoms with E-state index >= 15 is 0 Å². The molecule has 0 aliphatic carbocycles. The van der Waals surface area contributed by atoms with Crippen molar-refractivity contribution in [2.75, 3.05) is 13.6 Å². The number of alkyl halides is 3. The van der Waals surface area contributed by atoms with Crippen molar-refractivity contribution in [2.24, 2.45) is 0 Å². The second kappa shape index (κ2) is 4.63. The minimum Gasteiger partial charge on any atom is -0.314 e. The van der Waals surface area contributed by atoms with E-state index in [0.717, 1.165) is 11.1 Å². The predicted molar refractivity (Wildman–Crippen MR) is 49.6 cm³/mol. The van der Waals surface area contributed by atoms with Gasteiger partial charge in [0.2, 0.25) is 0 Å². The van der Waals surface area contributed by atoms with Crippen LogP contribution in [0.5, 0.6) is 0 Å². The van der Waals surface area contributed by atoms with E-state index < -0.39 is 11.7 Å². The molecule has 0 saturated heterocycles. The van der Waals surface area contributed by atoms with Crippen molar-refractivity contribution in [3.8, 4) is 0 Å². The molecule has 0 bridgehead atoms. The third-order valence-electron chi connectivity index (χ3n) is 2.03. The van der Waals surface area contributed by atoms with Crippen molar-refractivity contribution in [1.29, 1.82) is 0 Å². The molecular formula is C10H12F3NO. The Labute approximate surface area is 85.9 Å². The molecule has 0 fully saturated rings. The van der Waals surface area contributed by atoms with Crippen molar-refractivity contribution in [3.05, 3.63) is 35.4 Å². The molecule has 0 unspecified atom stereocenters. The second-order valence-electron chi connectivity index (χ2n) is 3.29. The van der Waals surface area contributed by atoms with E-state index in [9.17, 15) is 13.2 Å². The maximum atomic E-state index is 12.5. The standard InChI is InChI=1S/C10H12F3NO/c1-14(15)7-6-8-4-2-3-5-9(8)10(11,12)13/h2-5,15H,6-7H2,1H3. The van der Waals surface area contributed by atoms with Crippen LogP contribution in [0, 0.1) is 0 Å². The number of hydrogen-bond acceptors (Lipinski definition) is 2. The van der Waals surface area contributed by atoms with Gasteiger partial charge in [-0.2, -0.15) is 18.2 Å². The van der Waals surface area contributed by atoms with Gasteiger partial charge in [-0.3, -0.25) is 0 Å². The molecule has 2 nitrogen and oxygen atoms in total. The summed E-state index contributed by atoms with van der Waals surface area (Å²) in [6.07, 6.45) is -4.16. The molecule has 84 valence electrons. The molecule has 0 aliphatic heterocycles. The molecule has 1 aromatic rings. The zero-order valence-corrected chi connectivity index (χ0v) is 8.25. The topological polar surface area (TPSA) is 23.5 Å². The lowest BCUT2D eigenvalue weighted by atomic mass is 10.0. The summed E-state index contributed by atoms with van der Waals surface area (Å²) in [6, 6.07) is 5.38. The summed E-state index contributed by atoms with van der Waals surface area (Å²) in [6.45, 7) is 0.174. The monoisotopic (exact) mass is 219 g/mol. The van der Waals surface area contributed by atoms with Crippen molar-refractivity contribution >= 4 is 0 Å². The Bertz CT molecular complexity index is 323. The average Bonchev–Trinajstić information content (AvgIpc) is 2.13. The van der Waals surface area contributed by atoms with Crippen LogP contribution in [0.2, 0.25) is 0 Å². The molecule has 15 heavy (non-hydrogen) atoms. The van der Waals surface area contributed by atoms with E-state index in [-0.39, 0.29) is 18.5 Å². The van der Waals surface area contributed by atoms with Gasteiger partial charge in [-0.15, -0.1) is 0 Å². The van der Waals surface area contributed by atoms with Crippen LogP contribution in [0.15, 0.2) is 24.3 Å². The van der Waals surface area contributed by atoms with Crippen LogP contribution >= 0.6 is 0 Å². The zero-order chi connectivity index (χ0) is 11.5. The Morgan fingerprint density at radius 3 is 2.40 bits per heavy atom. The summed E-state index contributed by atoms with van der Waals surface area (Å²) in [5.41, 5.74) is -0.433. The summed E-state index contributed by atoms with van der Waals surface area (Å²) in [7, 11) is 1.40. The Morgan fingerprint density at radius 1 is 1.27 bits per heavy atom. The van der Waals surface area contributed by atoms with Crippen molar-refractivity contribution in [2.45, 2.75) is 12.6 Å². The van der Waals surface area contributed by atoms with Crippen molar-refractivity contribution in [1.82, 2.24) is 5.06 Å². The lowest BCUT2D eigenvalue weighted by molar-refractivity contribution is -0.138. The number of nitrogens with zero attached hydrogens (tertiary/aromatic N) is 1. The van der Waals surface area contributed by atoms with Crippen LogP contribution in [0.3, 0.4) is 0 Å². The van der Waals surface area contributed by atoms with Crippen molar-refractivity contribution < 1.29 is 18.4 Å². The lowest BCUT2D eigenvalue weighted by Crippen LogP contribution is -2.18. The van der Waals surface area contributed by atoms with Crippen LogP contribution in [0.1, 0.15) is 11.1 Å². The Balaban J connectivity index is 2.87. The molecule has 5 heteroatoms. The van der Waals surface area contributed by atoms with E-state index in [4.69, 9.17) is 5.21 Å². The fourth-order valence-electron chi connectivity index (χ4n) is 1.30. The van der Waals surface area contributed by atoms with Gasteiger partial charge >= 0.3 is 6.18 Å². The lowest BCUT2D eigenvalue weighted by Gasteiger charge is -2.13. The summed E-state index contributed by atoms with van der Waals surface area (Å²) < 4.78 is 37.5. The molecule has 1 rings (SSSR count). The van der Waals surface area contributed by atoms with E-state index in [1.54, 1.807) is 6.07 Å².